The van der Waals surface area contributed by atoms with Crippen LogP contribution in [0.25, 0.3) is 10.9 Å². The SMILES string of the molecule is CC.COc1ccc(Cn2c3c(c4ccccc42)CC(C(=O)N(C=O)CCC(=O)O)N(C)C3)cn1. The number of aliphatic carboxylic acids is 1. The highest BCUT2D eigenvalue weighted by Gasteiger charge is 2.35. The number of rotatable bonds is 8. The predicted octanol–water partition coefficient (Wildman–Crippen LogP) is 2.94. The highest BCUT2D eigenvalue weighted by atomic mass is 16.5. The normalized spacial score (nSPS) is 15.0. The summed E-state index contributed by atoms with van der Waals surface area (Å²) in [7, 11) is 3.43. The molecule has 0 fully saturated rings. The van der Waals surface area contributed by atoms with E-state index in [9.17, 15) is 14.4 Å². The van der Waals surface area contributed by atoms with Gasteiger partial charge in [-0.1, -0.05) is 38.1 Å². The summed E-state index contributed by atoms with van der Waals surface area (Å²) < 4.78 is 7.40. The first-order valence-corrected chi connectivity index (χ1v) is 11.7. The zero-order valence-corrected chi connectivity index (χ0v) is 20.6. The third-order valence-corrected chi connectivity index (χ3v) is 6.13. The first-order chi connectivity index (χ1) is 16.9. The molecule has 2 aromatic heterocycles. The summed E-state index contributed by atoms with van der Waals surface area (Å²) in [4.78, 5) is 42.7. The molecule has 1 N–H and O–H groups in total. The van der Waals surface area contributed by atoms with Crippen molar-refractivity contribution in [2.24, 2.45) is 0 Å². The number of benzene rings is 1. The molecule has 0 saturated carbocycles. The largest absolute Gasteiger partial charge is 0.481 e. The molecule has 1 aliphatic heterocycles. The maximum Gasteiger partial charge on any atom is 0.305 e. The number of nitrogens with zero attached hydrogens (tertiary/aromatic N) is 4. The van der Waals surface area contributed by atoms with Gasteiger partial charge in [-0.15, -0.1) is 0 Å². The summed E-state index contributed by atoms with van der Waals surface area (Å²) in [5, 5.41) is 10.00. The number of imide groups is 1. The highest BCUT2D eigenvalue weighted by molar-refractivity contribution is 5.93. The Balaban J connectivity index is 0.00000167. The lowest BCUT2D eigenvalue weighted by atomic mass is 9.96. The second kappa shape index (κ2) is 11.6. The van der Waals surface area contributed by atoms with Crippen molar-refractivity contribution in [3.8, 4) is 5.88 Å². The third-order valence-electron chi connectivity index (χ3n) is 6.13. The van der Waals surface area contributed by atoms with E-state index >= 15 is 0 Å². The zero-order valence-electron chi connectivity index (χ0n) is 20.6. The number of carbonyl (C=O) groups is 3. The summed E-state index contributed by atoms with van der Waals surface area (Å²) in [6, 6.07) is 11.3. The molecule has 9 nitrogen and oxygen atoms in total. The molecule has 9 heteroatoms. The molecule has 1 atom stereocenters. The van der Waals surface area contributed by atoms with Crippen LogP contribution in [0, 0.1) is 0 Å². The van der Waals surface area contributed by atoms with E-state index in [0.717, 1.165) is 32.6 Å². The molecule has 4 rings (SSSR count). The van der Waals surface area contributed by atoms with Crippen LogP contribution in [0.5, 0.6) is 5.88 Å². The van der Waals surface area contributed by atoms with Gasteiger partial charge in [0.25, 0.3) is 0 Å². The average molecular weight is 481 g/mol. The smallest absolute Gasteiger partial charge is 0.305 e. The van der Waals surface area contributed by atoms with E-state index in [-0.39, 0.29) is 18.9 Å². The molecule has 186 valence electrons. The number of hydrogen-bond acceptors (Lipinski definition) is 6. The molecule has 3 aromatic rings. The number of amides is 2. The van der Waals surface area contributed by atoms with Gasteiger partial charge in [0, 0.05) is 48.5 Å². The van der Waals surface area contributed by atoms with Crippen LogP contribution in [-0.2, 0) is 33.9 Å². The van der Waals surface area contributed by atoms with Gasteiger partial charge in [0.2, 0.25) is 18.2 Å². The van der Waals surface area contributed by atoms with Crippen LogP contribution < -0.4 is 4.74 Å². The van der Waals surface area contributed by atoms with Crippen molar-refractivity contribution in [3.05, 3.63) is 59.4 Å². The van der Waals surface area contributed by atoms with Crippen molar-refractivity contribution >= 4 is 29.2 Å². The van der Waals surface area contributed by atoms with Crippen LogP contribution in [0.15, 0.2) is 42.6 Å². The Morgan fingerprint density at radius 2 is 1.97 bits per heavy atom. The molecule has 0 bridgehead atoms. The number of para-hydroxylation sites is 1. The molecule has 1 aliphatic rings. The fraction of sp³-hybridized carbons (Fsp3) is 0.385. The van der Waals surface area contributed by atoms with Crippen LogP contribution in [0.1, 0.15) is 37.1 Å². The monoisotopic (exact) mass is 480 g/mol. The predicted molar refractivity (Wildman–Crippen MR) is 132 cm³/mol. The molecule has 3 heterocycles. The molecule has 2 amide bonds. The van der Waals surface area contributed by atoms with E-state index in [1.165, 1.54) is 0 Å². The van der Waals surface area contributed by atoms with Crippen molar-refractivity contribution in [2.75, 3.05) is 20.7 Å². The molecule has 0 spiro atoms. The van der Waals surface area contributed by atoms with Gasteiger partial charge in [0.05, 0.1) is 19.6 Å². The standard InChI is InChI=1S/C24H26N4O5.C2H6/c1-26-14-21-18(11-20(26)24(32)27(15-29)10-9-23(30)31)17-5-3-4-6-19(17)28(21)13-16-7-8-22(33-2)25-12-16;1-2/h3-8,12,15,20H,9-11,13-14H2,1-2H3,(H,30,31);1-2H3. The summed E-state index contributed by atoms with van der Waals surface area (Å²) in [6.07, 6.45) is 2.38. The minimum Gasteiger partial charge on any atom is -0.481 e. The van der Waals surface area contributed by atoms with E-state index in [1.807, 2.05) is 56.1 Å². The van der Waals surface area contributed by atoms with Crippen LogP contribution in [-0.4, -0.2) is 69.5 Å². The molecule has 1 aromatic carbocycles. The molecule has 35 heavy (non-hydrogen) atoms. The van der Waals surface area contributed by atoms with Crippen molar-refractivity contribution in [3.63, 3.8) is 0 Å². The fourth-order valence-corrected chi connectivity index (χ4v) is 4.42. The van der Waals surface area contributed by atoms with Gasteiger partial charge in [-0.2, -0.15) is 0 Å². The van der Waals surface area contributed by atoms with Gasteiger partial charge >= 0.3 is 5.97 Å². The summed E-state index contributed by atoms with van der Waals surface area (Å²) in [5.41, 5.74) is 4.29. The topological polar surface area (TPSA) is 105 Å². The number of hydrogen-bond donors (Lipinski definition) is 1. The van der Waals surface area contributed by atoms with Gasteiger partial charge in [-0.3, -0.25) is 24.2 Å². The number of carboxylic acid groups (broad SMARTS) is 1. The Bertz CT molecular complexity index is 1190. The van der Waals surface area contributed by atoms with Gasteiger partial charge in [0.1, 0.15) is 0 Å². The lowest BCUT2D eigenvalue weighted by Gasteiger charge is -2.34. The number of likely N-dealkylation sites (N-methyl/N-ethyl adjacent to an activating group) is 1. The van der Waals surface area contributed by atoms with E-state index < -0.39 is 12.0 Å². The van der Waals surface area contributed by atoms with Crippen molar-refractivity contribution in [1.29, 1.82) is 0 Å². The molecular formula is C26H32N4O5. The van der Waals surface area contributed by atoms with Crippen LogP contribution in [0.3, 0.4) is 0 Å². The molecule has 0 radical (unpaired) electrons. The van der Waals surface area contributed by atoms with Gasteiger partial charge in [-0.25, -0.2) is 4.98 Å². The van der Waals surface area contributed by atoms with Crippen molar-refractivity contribution in [2.45, 2.75) is 45.8 Å². The maximum atomic E-state index is 13.1. The number of carbonyl (C=O) groups excluding carboxylic acids is 2. The lowest BCUT2D eigenvalue weighted by molar-refractivity contribution is -0.144. The first kappa shape index (κ1) is 25.9. The Morgan fingerprint density at radius 3 is 2.60 bits per heavy atom. The van der Waals surface area contributed by atoms with Gasteiger partial charge < -0.3 is 14.4 Å². The second-order valence-electron chi connectivity index (χ2n) is 8.15. The molecule has 1 unspecified atom stereocenters. The van der Waals surface area contributed by atoms with Gasteiger partial charge in [-0.05, 0) is 30.7 Å². The Hall–Kier alpha value is -3.72. The number of fused-ring (bicyclic) bond motifs is 3. The van der Waals surface area contributed by atoms with E-state index in [0.29, 0.717) is 31.8 Å². The molecular weight excluding hydrogens is 448 g/mol. The number of pyridine rings is 1. The number of aromatic nitrogens is 2. The first-order valence-electron chi connectivity index (χ1n) is 11.7. The summed E-state index contributed by atoms with van der Waals surface area (Å²) in [6.45, 7) is 5.01. The fourth-order valence-electron chi connectivity index (χ4n) is 4.42. The summed E-state index contributed by atoms with van der Waals surface area (Å²) in [5.74, 6) is -0.873. The Morgan fingerprint density at radius 1 is 1.23 bits per heavy atom. The maximum absolute atomic E-state index is 13.1. The lowest BCUT2D eigenvalue weighted by Crippen LogP contribution is -2.50. The van der Waals surface area contributed by atoms with Crippen LogP contribution in [0.4, 0.5) is 0 Å². The molecule has 0 saturated heterocycles. The summed E-state index contributed by atoms with van der Waals surface area (Å²) >= 11 is 0. The number of methoxy groups -OCH3 is 1. The van der Waals surface area contributed by atoms with Crippen LogP contribution in [0.2, 0.25) is 0 Å². The molecule has 0 aliphatic carbocycles. The third kappa shape index (κ3) is 5.51. The van der Waals surface area contributed by atoms with Gasteiger partial charge in [0.15, 0.2) is 0 Å². The number of ether oxygens (including phenoxy) is 1. The zero-order chi connectivity index (χ0) is 25.5. The second-order valence-corrected chi connectivity index (χ2v) is 8.15. The van der Waals surface area contributed by atoms with E-state index in [1.54, 1.807) is 13.3 Å². The Kier molecular flexibility index (Phi) is 8.59. The quantitative estimate of drug-likeness (QED) is 0.494. The minimum atomic E-state index is -1.05. The van der Waals surface area contributed by atoms with Crippen molar-refractivity contribution < 1.29 is 24.2 Å². The average Bonchev–Trinajstić information content (AvgIpc) is 3.17. The van der Waals surface area contributed by atoms with Crippen molar-refractivity contribution in [1.82, 2.24) is 19.4 Å². The van der Waals surface area contributed by atoms with Crippen LogP contribution >= 0.6 is 0 Å². The van der Waals surface area contributed by atoms with E-state index in [4.69, 9.17) is 9.84 Å². The number of carboxylic acids is 1. The van der Waals surface area contributed by atoms with E-state index in [2.05, 4.69) is 15.6 Å². The Labute approximate surface area is 204 Å². The highest BCUT2D eigenvalue weighted by Crippen LogP contribution is 2.33. The minimum absolute atomic E-state index is 0.138.